The van der Waals surface area contributed by atoms with Gasteiger partial charge >= 0.3 is 0 Å². The van der Waals surface area contributed by atoms with Crippen LogP contribution in [0.2, 0.25) is 0 Å². The lowest BCUT2D eigenvalue weighted by atomic mass is 10.3. The van der Waals surface area contributed by atoms with E-state index in [-0.39, 0.29) is 6.42 Å². The van der Waals surface area contributed by atoms with E-state index in [1.165, 1.54) is 0 Å². The Balaban J connectivity index is 2.57. The number of hydrogen-bond acceptors (Lipinski definition) is 4. The third kappa shape index (κ3) is 4.14. The molecule has 0 heterocycles. The molecule has 1 N–H and O–H groups in total. The summed E-state index contributed by atoms with van der Waals surface area (Å²) in [5, 5.41) is 12.5. The van der Waals surface area contributed by atoms with Crippen LogP contribution in [-0.2, 0) is 4.74 Å². The van der Waals surface area contributed by atoms with E-state index < -0.39 is 0 Å². The second-order valence-corrected chi connectivity index (χ2v) is 2.75. The standard InChI is InChI=1S/C11H13N3O/c1-2-15-11(8-9-12)14-13-10-6-4-3-5-7-10/h3-7,13H,2,8H2,1H3. The molecule has 0 unspecified atom stereocenters. The summed E-state index contributed by atoms with van der Waals surface area (Å²) >= 11 is 0. The number of hydrogen-bond donors (Lipinski definition) is 1. The molecule has 0 spiro atoms. The molecule has 1 aromatic carbocycles. The molecule has 0 saturated carbocycles. The fraction of sp³-hybridized carbons (Fsp3) is 0.273. The number of ether oxygens (including phenoxy) is 1. The third-order valence-electron chi connectivity index (χ3n) is 1.62. The maximum atomic E-state index is 8.52. The summed E-state index contributed by atoms with van der Waals surface area (Å²) in [6.07, 6.45) is 0.174. The maximum Gasteiger partial charge on any atom is 0.220 e. The highest BCUT2D eigenvalue weighted by Gasteiger charge is 1.97. The number of anilines is 1. The van der Waals surface area contributed by atoms with Crippen molar-refractivity contribution in [2.45, 2.75) is 13.3 Å². The Morgan fingerprint density at radius 1 is 1.47 bits per heavy atom. The van der Waals surface area contributed by atoms with Gasteiger partial charge in [0.2, 0.25) is 5.90 Å². The topological polar surface area (TPSA) is 57.4 Å². The molecule has 78 valence electrons. The zero-order chi connectivity index (χ0) is 10.9. The van der Waals surface area contributed by atoms with Crippen molar-refractivity contribution in [3.05, 3.63) is 30.3 Å². The van der Waals surface area contributed by atoms with E-state index in [0.717, 1.165) is 5.69 Å². The van der Waals surface area contributed by atoms with Crippen molar-refractivity contribution in [1.29, 1.82) is 5.26 Å². The van der Waals surface area contributed by atoms with E-state index >= 15 is 0 Å². The van der Waals surface area contributed by atoms with Gasteiger partial charge in [0.05, 0.1) is 18.4 Å². The van der Waals surface area contributed by atoms with Gasteiger partial charge in [0, 0.05) is 0 Å². The van der Waals surface area contributed by atoms with Gasteiger partial charge in [-0.1, -0.05) is 18.2 Å². The first-order valence-electron chi connectivity index (χ1n) is 4.74. The number of nitriles is 1. The van der Waals surface area contributed by atoms with Crippen LogP contribution in [0.15, 0.2) is 35.4 Å². The molecular weight excluding hydrogens is 190 g/mol. The summed E-state index contributed by atoms with van der Waals surface area (Å²) in [6.45, 7) is 2.37. The molecule has 0 aliphatic rings. The van der Waals surface area contributed by atoms with Crippen LogP contribution in [0.25, 0.3) is 0 Å². The quantitative estimate of drug-likeness (QED) is 0.464. The summed E-state index contributed by atoms with van der Waals surface area (Å²) in [6, 6.07) is 11.5. The number of nitrogens with zero attached hydrogens (tertiary/aromatic N) is 2. The highest BCUT2D eigenvalue weighted by molar-refractivity contribution is 5.78. The molecule has 0 aliphatic heterocycles. The van der Waals surface area contributed by atoms with Crippen molar-refractivity contribution in [2.75, 3.05) is 12.0 Å². The van der Waals surface area contributed by atoms with Crippen LogP contribution in [0, 0.1) is 11.3 Å². The van der Waals surface area contributed by atoms with Crippen LogP contribution >= 0.6 is 0 Å². The predicted molar refractivity (Wildman–Crippen MR) is 59.4 cm³/mol. The first-order chi connectivity index (χ1) is 7.36. The lowest BCUT2D eigenvalue weighted by molar-refractivity contribution is 0.320. The predicted octanol–water partition coefficient (Wildman–Crippen LogP) is 2.36. The molecule has 0 radical (unpaired) electrons. The minimum Gasteiger partial charge on any atom is -0.479 e. The van der Waals surface area contributed by atoms with Crippen molar-refractivity contribution >= 4 is 11.6 Å². The number of benzene rings is 1. The Morgan fingerprint density at radius 2 is 2.20 bits per heavy atom. The molecule has 4 heteroatoms. The fourth-order valence-electron chi connectivity index (χ4n) is 0.997. The summed E-state index contributed by atoms with van der Waals surface area (Å²) < 4.78 is 5.17. The van der Waals surface area contributed by atoms with Crippen molar-refractivity contribution < 1.29 is 4.74 Å². The molecular formula is C11H13N3O. The SMILES string of the molecule is CCOC(CC#N)=NNc1ccccc1. The van der Waals surface area contributed by atoms with Gasteiger partial charge in [0.15, 0.2) is 0 Å². The van der Waals surface area contributed by atoms with Gasteiger partial charge in [0.25, 0.3) is 0 Å². The van der Waals surface area contributed by atoms with Crippen molar-refractivity contribution in [2.24, 2.45) is 5.10 Å². The van der Waals surface area contributed by atoms with Gasteiger partial charge in [-0.15, -0.1) is 5.10 Å². The smallest absolute Gasteiger partial charge is 0.220 e. The van der Waals surface area contributed by atoms with Gasteiger partial charge in [-0.25, -0.2) is 0 Å². The number of nitrogens with one attached hydrogen (secondary N) is 1. The Morgan fingerprint density at radius 3 is 2.80 bits per heavy atom. The highest BCUT2D eigenvalue weighted by Crippen LogP contribution is 2.04. The molecule has 1 rings (SSSR count). The zero-order valence-electron chi connectivity index (χ0n) is 8.60. The normalized spacial score (nSPS) is 10.5. The molecule has 0 saturated heterocycles. The molecule has 15 heavy (non-hydrogen) atoms. The van der Waals surface area contributed by atoms with E-state index in [1.807, 2.05) is 43.3 Å². The van der Waals surface area contributed by atoms with Gasteiger partial charge in [-0.3, -0.25) is 5.43 Å². The Labute approximate surface area is 89.2 Å². The van der Waals surface area contributed by atoms with Crippen molar-refractivity contribution in [3.63, 3.8) is 0 Å². The average molecular weight is 203 g/mol. The van der Waals surface area contributed by atoms with Gasteiger partial charge < -0.3 is 4.74 Å². The van der Waals surface area contributed by atoms with E-state index in [1.54, 1.807) is 0 Å². The van der Waals surface area contributed by atoms with Crippen LogP contribution in [0.5, 0.6) is 0 Å². The third-order valence-corrected chi connectivity index (χ3v) is 1.62. The Bertz CT molecular complexity index is 354. The number of para-hydroxylation sites is 1. The lowest BCUT2D eigenvalue weighted by Crippen LogP contribution is -2.06. The van der Waals surface area contributed by atoms with Gasteiger partial charge in [0.1, 0.15) is 6.42 Å². The highest BCUT2D eigenvalue weighted by atomic mass is 16.5. The summed E-state index contributed by atoms with van der Waals surface area (Å²) in [4.78, 5) is 0. The number of rotatable bonds is 4. The average Bonchev–Trinajstić information content (AvgIpc) is 2.28. The van der Waals surface area contributed by atoms with Gasteiger partial charge in [-0.2, -0.15) is 5.26 Å². The monoisotopic (exact) mass is 203 g/mol. The van der Waals surface area contributed by atoms with E-state index in [9.17, 15) is 0 Å². The lowest BCUT2D eigenvalue weighted by Gasteiger charge is -2.04. The van der Waals surface area contributed by atoms with Crippen LogP contribution in [0.1, 0.15) is 13.3 Å². The Kier molecular flexibility index (Phi) is 4.74. The molecule has 1 aromatic rings. The molecule has 4 nitrogen and oxygen atoms in total. The van der Waals surface area contributed by atoms with Crippen LogP contribution in [0.3, 0.4) is 0 Å². The fourth-order valence-corrected chi connectivity index (χ4v) is 0.997. The van der Waals surface area contributed by atoms with Crippen LogP contribution < -0.4 is 5.43 Å². The van der Waals surface area contributed by atoms with Crippen LogP contribution in [0.4, 0.5) is 5.69 Å². The minimum absolute atomic E-state index is 0.174. The second kappa shape index (κ2) is 6.44. The minimum atomic E-state index is 0.174. The first kappa shape index (κ1) is 11.1. The molecule has 0 bridgehead atoms. The molecule has 0 fully saturated rings. The van der Waals surface area contributed by atoms with E-state index in [4.69, 9.17) is 10.00 Å². The van der Waals surface area contributed by atoms with Crippen molar-refractivity contribution in [1.82, 2.24) is 0 Å². The van der Waals surface area contributed by atoms with E-state index in [2.05, 4.69) is 10.5 Å². The van der Waals surface area contributed by atoms with Crippen LogP contribution in [-0.4, -0.2) is 12.5 Å². The van der Waals surface area contributed by atoms with Gasteiger partial charge in [-0.05, 0) is 19.1 Å². The maximum absolute atomic E-state index is 8.52. The number of hydrazone groups is 1. The molecule has 0 amide bonds. The molecule has 0 aliphatic carbocycles. The largest absolute Gasteiger partial charge is 0.479 e. The second-order valence-electron chi connectivity index (χ2n) is 2.75. The Hall–Kier alpha value is -2.02. The summed E-state index contributed by atoms with van der Waals surface area (Å²) in [5.41, 5.74) is 3.69. The molecule has 0 atom stereocenters. The van der Waals surface area contributed by atoms with E-state index in [0.29, 0.717) is 12.5 Å². The zero-order valence-corrected chi connectivity index (χ0v) is 8.60. The molecule has 0 aromatic heterocycles. The summed E-state index contributed by atoms with van der Waals surface area (Å²) in [7, 11) is 0. The first-order valence-corrected chi connectivity index (χ1v) is 4.74. The van der Waals surface area contributed by atoms with Crippen molar-refractivity contribution in [3.8, 4) is 6.07 Å². The summed E-state index contributed by atoms with van der Waals surface area (Å²) in [5.74, 6) is 0.406.